The highest BCUT2D eigenvalue weighted by atomic mass is 16.6. The Morgan fingerprint density at radius 2 is 1.79 bits per heavy atom. The Morgan fingerprint density at radius 1 is 1.08 bits per heavy atom. The van der Waals surface area contributed by atoms with E-state index in [0.29, 0.717) is 11.5 Å². The highest BCUT2D eigenvalue weighted by Crippen LogP contribution is 2.34. The molecule has 0 aliphatic heterocycles. The fourth-order valence-corrected chi connectivity index (χ4v) is 2.53. The van der Waals surface area contributed by atoms with Crippen LogP contribution < -0.4 is 9.47 Å². The van der Waals surface area contributed by atoms with Crippen molar-refractivity contribution in [2.75, 3.05) is 7.11 Å². The fourth-order valence-electron chi connectivity index (χ4n) is 2.53. The molecule has 4 nitrogen and oxygen atoms in total. The van der Waals surface area contributed by atoms with Gasteiger partial charge in [-0.3, -0.25) is 9.79 Å². The maximum atomic E-state index is 11.8. The van der Waals surface area contributed by atoms with E-state index in [-0.39, 0.29) is 11.9 Å². The van der Waals surface area contributed by atoms with Gasteiger partial charge in [0.1, 0.15) is 0 Å². The van der Waals surface area contributed by atoms with Crippen molar-refractivity contribution in [3.63, 3.8) is 0 Å². The summed E-state index contributed by atoms with van der Waals surface area (Å²) >= 11 is 0. The predicted molar refractivity (Wildman–Crippen MR) is 94.5 cm³/mol. The molecule has 0 spiro atoms. The quantitative estimate of drug-likeness (QED) is 0.466. The average molecular weight is 323 g/mol. The molecule has 24 heavy (non-hydrogen) atoms. The van der Waals surface area contributed by atoms with Crippen LogP contribution >= 0.6 is 0 Å². The summed E-state index contributed by atoms with van der Waals surface area (Å²) in [6.07, 6.45) is 3.62. The molecule has 1 aliphatic carbocycles. The fraction of sp³-hybridized carbons (Fsp3) is 0.300. The van der Waals surface area contributed by atoms with E-state index in [1.54, 1.807) is 19.4 Å². The second-order valence-corrected chi connectivity index (χ2v) is 6.21. The highest BCUT2D eigenvalue weighted by Gasteiger charge is 2.32. The molecule has 0 amide bonds. The lowest BCUT2D eigenvalue weighted by Gasteiger charge is -2.09. The van der Waals surface area contributed by atoms with Crippen LogP contribution in [0.3, 0.4) is 0 Å². The standard InChI is InChI=1S/C20H21NO3/c1-13-8-14(2)10-17(9-13)21-12-15-4-7-18(19(11-15)23-3)24-20(22)16-5-6-16/h4,7-12,16H,5-6H2,1-3H3. The molecule has 0 heterocycles. The molecule has 4 heteroatoms. The molecule has 0 aromatic heterocycles. The van der Waals surface area contributed by atoms with Gasteiger partial charge < -0.3 is 9.47 Å². The van der Waals surface area contributed by atoms with Crippen LogP contribution in [0.5, 0.6) is 11.5 Å². The van der Waals surface area contributed by atoms with Crippen molar-refractivity contribution in [2.24, 2.45) is 10.9 Å². The maximum Gasteiger partial charge on any atom is 0.314 e. The summed E-state index contributed by atoms with van der Waals surface area (Å²) in [6, 6.07) is 11.6. The number of ether oxygens (including phenoxy) is 2. The predicted octanol–water partition coefficient (Wildman–Crippen LogP) is 4.38. The van der Waals surface area contributed by atoms with Crippen LogP contribution in [0.2, 0.25) is 0 Å². The number of esters is 1. The lowest BCUT2D eigenvalue weighted by atomic mass is 10.1. The van der Waals surface area contributed by atoms with Crippen LogP contribution in [0.15, 0.2) is 41.4 Å². The summed E-state index contributed by atoms with van der Waals surface area (Å²) in [5, 5.41) is 0. The monoisotopic (exact) mass is 323 g/mol. The Balaban J connectivity index is 1.78. The summed E-state index contributed by atoms with van der Waals surface area (Å²) in [7, 11) is 1.56. The second-order valence-electron chi connectivity index (χ2n) is 6.21. The molecule has 1 aliphatic rings. The number of aliphatic imine (C=N–C) groups is 1. The average Bonchev–Trinajstić information content (AvgIpc) is 3.38. The van der Waals surface area contributed by atoms with E-state index in [2.05, 4.69) is 24.9 Å². The van der Waals surface area contributed by atoms with Crippen molar-refractivity contribution >= 4 is 17.9 Å². The normalized spacial score (nSPS) is 14.0. The third kappa shape index (κ3) is 4.02. The van der Waals surface area contributed by atoms with Crippen LogP contribution in [-0.2, 0) is 4.79 Å². The van der Waals surface area contributed by atoms with E-state index < -0.39 is 0 Å². The second kappa shape index (κ2) is 6.87. The zero-order chi connectivity index (χ0) is 17.1. The summed E-state index contributed by atoms with van der Waals surface area (Å²) in [5.41, 5.74) is 4.16. The number of benzene rings is 2. The number of carbonyl (C=O) groups excluding carboxylic acids is 1. The molecule has 2 aromatic rings. The first-order valence-electron chi connectivity index (χ1n) is 8.07. The zero-order valence-electron chi connectivity index (χ0n) is 14.2. The molecule has 1 saturated carbocycles. The van der Waals surface area contributed by atoms with Crippen molar-refractivity contribution in [2.45, 2.75) is 26.7 Å². The summed E-state index contributed by atoms with van der Waals surface area (Å²) in [5.74, 6) is 0.872. The Kier molecular flexibility index (Phi) is 4.65. The van der Waals surface area contributed by atoms with Crippen molar-refractivity contribution in [1.29, 1.82) is 0 Å². The molecule has 0 unspecified atom stereocenters. The SMILES string of the molecule is COc1cc(C=Nc2cc(C)cc(C)c2)ccc1OC(=O)C1CC1. The summed E-state index contributed by atoms with van der Waals surface area (Å²) in [6.45, 7) is 4.11. The number of hydrogen-bond acceptors (Lipinski definition) is 4. The maximum absolute atomic E-state index is 11.8. The minimum absolute atomic E-state index is 0.0560. The Morgan fingerprint density at radius 3 is 2.42 bits per heavy atom. The van der Waals surface area contributed by atoms with E-state index in [9.17, 15) is 4.79 Å². The van der Waals surface area contributed by atoms with E-state index in [1.165, 1.54) is 11.1 Å². The molecule has 0 atom stereocenters. The van der Waals surface area contributed by atoms with Gasteiger partial charge in [0.05, 0.1) is 18.7 Å². The number of carbonyl (C=O) groups is 1. The first-order valence-corrected chi connectivity index (χ1v) is 8.07. The van der Waals surface area contributed by atoms with Crippen molar-refractivity contribution in [1.82, 2.24) is 0 Å². The minimum Gasteiger partial charge on any atom is -0.493 e. The summed E-state index contributed by atoms with van der Waals surface area (Å²) < 4.78 is 10.7. The van der Waals surface area contributed by atoms with Crippen LogP contribution in [-0.4, -0.2) is 19.3 Å². The molecular formula is C20H21NO3. The van der Waals surface area contributed by atoms with Crippen LogP contribution in [0.4, 0.5) is 5.69 Å². The largest absolute Gasteiger partial charge is 0.493 e. The van der Waals surface area contributed by atoms with Gasteiger partial charge in [0.15, 0.2) is 11.5 Å². The third-order valence-electron chi connectivity index (χ3n) is 3.88. The van der Waals surface area contributed by atoms with Gasteiger partial charge in [0.25, 0.3) is 0 Å². The van der Waals surface area contributed by atoms with Gasteiger partial charge in [0, 0.05) is 6.21 Å². The molecule has 1 fully saturated rings. The van der Waals surface area contributed by atoms with Gasteiger partial charge in [-0.1, -0.05) is 6.07 Å². The van der Waals surface area contributed by atoms with Crippen molar-refractivity contribution < 1.29 is 14.3 Å². The van der Waals surface area contributed by atoms with Gasteiger partial charge in [-0.25, -0.2) is 0 Å². The van der Waals surface area contributed by atoms with E-state index in [4.69, 9.17) is 9.47 Å². The first-order chi connectivity index (χ1) is 11.5. The van der Waals surface area contributed by atoms with E-state index in [1.807, 2.05) is 24.3 Å². The molecule has 0 saturated heterocycles. The van der Waals surface area contributed by atoms with Crippen molar-refractivity contribution in [3.05, 3.63) is 53.1 Å². The topological polar surface area (TPSA) is 47.9 Å². The number of methoxy groups -OCH3 is 1. The molecule has 124 valence electrons. The number of rotatable bonds is 5. The molecule has 2 aromatic carbocycles. The Hall–Kier alpha value is -2.62. The van der Waals surface area contributed by atoms with Gasteiger partial charge in [-0.2, -0.15) is 0 Å². The van der Waals surface area contributed by atoms with Crippen LogP contribution in [0, 0.1) is 19.8 Å². The van der Waals surface area contributed by atoms with E-state index in [0.717, 1.165) is 24.1 Å². The smallest absolute Gasteiger partial charge is 0.314 e. The molecule has 3 rings (SSSR count). The van der Waals surface area contributed by atoms with Gasteiger partial charge in [-0.05, 0) is 73.7 Å². The van der Waals surface area contributed by atoms with Gasteiger partial charge in [-0.15, -0.1) is 0 Å². The Labute approximate surface area is 142 Å². The lowest BCUT2D eigenvalue weighted by molar-refractivity contribution is -0.135. The van der Waals surface area contributed by atoms with Crippen LogP contribution in [0.25, 0.3) is 0 Å². The zero-order valence-corrected chi connectivity index (χ0v) is 14.2. The Bertz CT molecular complexity index is 771. The van der Waals surface area contributed by atoms with Crippen molar-refractivity contribution in [3.8, 4) is 11.5 Å². The first kappa shape index (κ1) is 16.2. The van der Waals surface area contributed by atoms with Gasteiger partial charge >= 0.3 is 5.97 Å². The molecule has 0 bridgehead atoms. The molecular weight excluding hydrogens is 302 g/mol. The third-order valence-corrected chi connectivity index (χ3v) is 3.88. The summed E-state index contributed by atoms with van der Waals surface area (Å²) in [4.78, 5) is 16.3. The number of aryl methyl sites for hydroxylation is 2. The van der Waals surface area contributed by atoms with Crippen LogP contribution in [0.1, 0.15) is 29.5 Å². The lowest BCUT2D eigenvalue weighted by Crippen LogP contribution is -2.10. The molecule has 0 N–H and O–H groups in total. The number of hydrogen-bond donors (Lipinski definition) is 0. The minimum atomic E-state index is -0.176. The van der Waals surface area contributed by atoms with Gasteiger partial charge in [0.2, 0.25) is 0 Å². The highest BCUT2D eigenvalue weighted by molar-refractivity contribution is 5.84. The number of nitrogens with zero attached hydrogens (tertiary/aromatic N) is 1. The molecule has 0 radical (unpaired) electrons. The van der Waals surface area contributed by atoms with E-state index >= 15 is 0 Å².